The molecule has 3 heterocycles. The molecule has 0 aliphatic carbocycles. The minimum absolute atomic E-state index is 0.117. The zero-order chi connectivity index (χ0) is 26.6. The van der Waals surface area contributed by atoms with E-state index in [9.17, 15) is 18.0 Å². The molecule has 11 nitrogen and oxygen atoms in total. The number of carbonyl (C=O) groups excluding carboxylic acids is 2. The molecule has 3 amide bonds. The molecule has 1 saturated heterocycles. The fourth-order valence-corrected chi connectivity index (χ4v) is 7.07. The second-order valence-corrected chi connectivity index (χ2v) is 11.9. The van der Waals surface area contributed by atoms with Crippen molar-refractivity contribution in [1.29, 1.82) is 0 Å². The number of nitrogens with zero attached hydrogens (tertiary/aromatic N) is 3. The Balaban J connectivity index is 1.22. The predicted octanol–water partition coefficient (Wildman–Crippen LogP) is 2.83. The number of hydrogen-bond donors (Lipinski definition) is 4. The summed E-state index contributed by atoms with van der Waals surface area (Å²) in [6, 6.07) is 9.04. The number of piperidine rings is 1. The van der Waals surface area contributed by atoms with Crippen molar-refractivity contribution >= 4 is 55.0 Å². The number of aromatic nitrogens is 2. The number of pyridine rings is 1. The highest BCUT2D eigenvalue weighted by Gasteiger charge is 2.28. The van der Waals surface area contributed by atoms with Crippen LogP contribution in [0.5, 0.6) is 0 Å². The summed E-state index contributed by atoms with van der Waals surface area (Å²) < 4.78 is 28.6. The Hall–Kier alpha value is -3.13. The minimum atomic E-state index is -3.73. The SMILES string of the molecule is CC(=O)Nc1nc(C)c(S(=O)(=O)NC2CCN(CCNC(=O)Nc3cc(C)nc4ccccc34)CC2)s1. The van der Waals surface area contributed by atoms with Gasteiger partial charge < -0.3 is 20.9 Å². The second-order valence-electron chi connectivity index (χ2n) is 9.02. The molecule has 0 spiro atoms. The molecular formula is C24H31N7O4S2. The monoisotopic (exact) mass is 545 g/mol. The summed E-state index contributed by atoms with van der Waals surface area (Å²) in [5.41, 5.74) is 2.73. The summed E-state index contributed by atoms with van der Waals surface area (Å²) in [4.78, 5) is 34.5. The highest BCUT2D eigenvalue weighted by atomic mass is 32.2. The number of aryl methyl sites for hydroxylation is 2. The van der Waals surface area contributed by atoms with Crippen LogP contribution in [0.3, 0.4) is 0 Å². The summed E-state index contributed by atoms with van der Waals surface area (Å²) in [6.45, 7) is 7.41. The standard InChI is InChI=1S/C24H31N7O4S2/c1-15-14-21(19-6-4-5-7-20(19)26-15)29-23(33)25-10-13-31-11-8-18(9-12-31)30-37(34,35)22-16(2)27-24(36-22)28-17(3)32/h4-7,14,18,30H,8-13H2,1-3H3,(H,27,28,32)(H2,25,26,29,33). The van der Waals surface area contributed by atoms with Crippen LogP contribution < -0.4 is 20.7 Å². The number of hydrogen-bond acceptors (Lipinski definition) is 8. The zero-order valence-corrected chi connectivity index (χ0v) is 22.6. The van der Waals surface area contributed by atoms with Gasteiger partial charge in [0.25, 0.3) is 10.0 Å². The fourth-order valence-electron chi connectivity index (χ4n) is 4.29. The molecule has 1 fully saturated rings. The van der Waals surface area contributed by atoms with E-state index in [2.05, 4.69) is 35.5 Å². The van der Waals surface area contributed by atoms with Crippen LogP contribution in [-0.4, -0.2) is 67.4 Å². The van der Waals surface area contributed by atoms with Gasteiger partial charge in [0.15, 0.2) is 9.34 Å². The first-order valence-electron chi connectivity index (χ1n) is 12.0. The summed E-state index contributed by atoms with van der Waals surface area (Å²) in [7, 11) is -3.73. The van der Waals surface area contributed by atoms with Crippen molar-refractivity contribution in [1.82, 2.24) is 24.9 Å². The van der Waals surface area contributed by atoms with Crippen molar-refractivity contribution < 1.29 is 18.0 Å². The summed E-state index contributed by atoms with van der Waals surface area (Å²) >= 11 is 0.946. The third kappa shape index (κ3) is 7.01. The van der Waals surface area contributed by atoms with E-state index in [1.807, 2.05) is 37.3 Å². The van der Waals surface area contributed by atoms with Crippen molar-refractivity contribution in [3.05, 3.63) is 41.7 Å². The summed E-state index contributed by atoms with van der Waals surface area (Å²) in [6.07, 6.45) is 1.31. The van der Waals surface area contributed by atoms with Gasteiger partial charge >= 0.3 is 6.03 Å². The quantitative estimate of drug-likeness (QED) is 0.341. The van der Waals surface area contributed by atoms with Crippen LogP contribution in [0, 0.1) is 13.8 Å². The van der Waals surface area contributed by atoms with E-state index in [4.69, 9.17) is 0 Å². The highest BCUT2D eigenvalue weighted by Crippen LogP contribution is 2.28. The molecule has 0 atom stereocenters. The first-order valence-corrected chi connectivity index (χ1v) is 14.3. The number of anilines is 2. The van der Waals surface area contributed by atoms with Crippen LogP contribution in [0.4, 0.5) is 15.6 Å². The summed E-state index contributed by atoms with van der Waals surface area (Å²) in [5, 5.41) is 9.49. The molecular weight excluding hydrogens is 514 g/mol. The third-order valence-electron chi connectivity index (χ3n) is 6.00. The van der Waals surface area contributed by atoms with Gasteiger partial charge in [0.2, 0.25) is 5.91 Å². The van der Waals surface area contributed by atoms with Crippen LogP contribution in [0.2, 0.25) is 0 Å². The Bertz CT molecular complexity index is 1400. The van der Waals surface area contributed by atoms with E-state index in [-0.39, 0.29) is 27.3 Å². The van der Waals surface area contributed by atoms with Gasteiger partial charge in [-0.1, -0.05) is 29.5 Å². The number of urea groups is 1. The van der Waals surface area contributed by atoms with Gasteiger partial charge in [-0.15, -0.1) is 0 Å². The van der Waals surface area contributed by atoms with Gasteiger partial charge in [-0.2, -0.15) is 0 Å². The van der Waals surface area contributed by atoms with Crippen LogP contribution in [-0.2, 0) is 14.8 Å². The number of nitrogens with one attached hydrogen (secondary N) is 4. The maximum Gasteiger partial charge on any atom is 0.319 e. The minimum Gasteiger partial charge on any atom is -0.337 e. The van der Waals surface area contributed by atoms with Crippen molar-refractivity contribution in [2.45, 2.75) is 43.9 Å². The molecule has 198 valence electrons. The van der Waals surface area contributed by atoms with E-state index in [1.54, 1.807) is 6.92 Å². The first kappa shape index (κ1) is 26.9. The van der Waals surface area contributed by atoms with Gasteiger partial charge in [0.1, 0.15) is 0 Å². The highest BCUT2D eigenvalue weighted by molar-refractivity contribution is 7.91. The number of carbonyl (C=O) groups is 2. The lowest BCUT2D eigenvalue weighted by Crippen LogP contribution is -2.46. The lowest BCUT2D eigenvalue weighted by molar-refractivity contribution is -0.114. The van der Waals surface area contributed by atoms with Gasteiger partial charge in [-0.25, -0.2) is 22.9 Å². The molecule has 1 aliphatic heterocycles. The molecule has 2 aromatic heterocycles. The first-order chi connectivity index (χ1) is 17.6. The van der Waals surface area contributed by atoms with Gasteiger partial charge in [-0.05, 0) is 51.9 Å². The Morgan fingerprint density at radius 3 is 2.57 bits per heavy atom. The molecule has 3 aromatic rings. The molecule has 0 unspecified atom stereocenters. The second kappa shape index (κ2) is 11.5. The molecule has 4 N–H and O–H groups in total. The topological polar surface area (TPSA) is 145 Å². The molecule has 1 aromatic carbocycles. The fraction of sp³-hybridized carbons (Fsp3) is 0.417. The van der Waals surface area contributed by atoms with E-state index in [0.717, 1.165) is 27.9 Å². The van der Waals surface area contributed by atoms with E-state index in [0.29, 0.717) is 50.4 Å². The molecule has 1 aliphatic rings. The van der Waals surface area contributed by atoms with Crippen LogP contribution in [0.25, 0.3) is 10.9 Å². The van der Waals surface area contributed by atoms with E-state index >= 15 is 0 Å². The Morgan fingerprint density at radius 1 is 1.11 bits per heavy atom. The number of amides is 3. The average molecular weight is 546 g/mol. The van der Waals surface area contributed by atoms with Crippen molar-refractivity contribution in [2.75, 3.05) is 36.8 Å². The number of fused-ring (bicyclic) bond motifs is 1. The number of para-hydroxylation sites is 1. The van der Waals surface area contributed by atoms with Crippen molar-refractivity contribution in [3.63, 3.8) is 0 Å². The Kier molecular flexibility index (Phi) is 8.37. The lowest BCUT2D eigenvalue weighted by Gasteiger charge is -2.32. The maximum absolute atomic E-state index is 12.9. The molecule has 0 radical (unpaired) electrons. The smallest absolute Gasteiger partial charge is 0.319 e. The van der Waals surface area contributed by atoms with E-state index < -0.39 is 10.0 Å². The maximum atomic E-state index is 12.9. The largest absolute Gasteiger partial charge is 0.337 e. The normalized spacial score (nSPS) is 15.0. The predicted molar refractivity (Wildman–Crippen MR) is 144 cm³/mol. The molecule has 4 rings (SSSR count). The summed E-state index contributed by atoms with van der Waals surface area (Å²) in [5.74, 6) is -0.300. The van der Waals surface area contributed by atoms with Gasteiger partial charge in [-0.3, -0.25) is 9.78 Å². The molecule has 0 bridgehead atoms. The van der Waals surface area contributed by atoms with Crippen LogP contribution >= 0.6 is 11.3 Å². The number of benzene rings is 1. The van der Waals surface area contributed by atoms with Crippen LogP contribution in [0.15, 0.2) is 34.5 Å². The van der Waals surface area contributed by atoms with E-state index in [1.165, 1.54) is 6.92 Å². The third-order valence-corrected chi connectivity index (χ3v) is 9.20. The molecule has 13 heteroatoms. The van der Waals surface area contributed by atoms with Crippen molar-refractivity contribution in [2.24, 2.45) is 0 Å². The molecule has 0 saturated carbocycles. The lowest BCUT2D eigenvalue weighted by atomic mass is 10.1. The van der Waals surface area contributed by atoms with Gasteiger partial charge in [0, 0.05) is 37.1 Å². The number of likely N-dealkylation sites (tertiary alicyclic amines) is 1. The average Bonchev–Trinajstić information content (AvgIpc) is 3.20. The van der Waals surface area contributed by atoms with Crippen LogP contribution in [0.1, 0.15) is 31.2 Å². The molecule has 37 heavy (non-hydrogen) atoms. The number of rotatable bonds is 8. The number of thiazole rings is 1. The Labute approximate surface area is 220 Å². The van der Waals surface area contributed by atoms with Gasteiger partial charge in [0.05, 0.1) is 16.9 Å². The van der Waals surface area contributed by atoms with Crippen molar-refractivity contribution in [3.8, 4) is 0 Å². The zero-order valence-electron chi connectivity index (χ0n) is 21.0. The number of sulfonamides is 1. The Morgan fingerprint density at radius 2 is 1.84 bits per heavy atom.